The Kier molecular flexibility index (Phi) is 5.41. The van der Waals surface area contributed by atoms with E-state index in [0.717, 1.165) is 23.7 Å². The van der Waals surface area contributed by atoms with Gasteiger partial charge in [-0.1, -0.05) is 17.7 Å². The van der Waals surface area contributed by atoms with E-state index >= 15 is 0 Å². The number of anilines is 1. The molecule has 0 saturated carbocycles. The molecule has 7 heteroatoms. The van der Waals surface area contributed by atoms with Crippen LogP contribution in [0.3, 0.4) is 0 Å². The first kappa shape index (κ1) is 15.6. The standard InChI is InChI=1S/C14H17ClN4OS/c1-3-19-9-12(15)13(18-19)8-16-14(21)17-10-5-4-6-11(7-10)20-2/h4-7,9H,3,8H2,1-2H3,(H2,16,17,21). The van der Waals surface area contributed by atoms with Crippen molar-refractivity contribution in [1.29, 1.82) is 0 Å². The first-order chi connectivity index (χ1) is 10.1. The highest BCUT2D eigenvalue weighted by atomic mass is 35.5. The fraction of sp³-hybridized carbons (Fsp3) is 0.286. The average Bonchev–Trinajstić information content (AvgIpc) is 2.86. The number of aromatic nitrogens is 2. The summed E-state index contributed by atoms with van der Waals surface area (Å²) >= 11 is 11.4. The fourth-order valence-electron chi connectivity index (χ4n) is 1.76. The number of hydrogen-bond acceptors (Lipinski definition) is 3. The number of halogens is 1. The molecule has 0 fully saturated rings. The molecule has 2 aromatic rings. The van der Waals surface area contributed by atoms with Gasteiger partial charge >= 0.3 is 0 Å². The van der Waals surface area contributed by atoms with Crippen molar-refractivity contribution in [3.8, 4) is 5.75 Å². The van der Waals surface area contributed by atoms with E-state index < -0.39 is 0 Å². The highest BCUT2D eigenvalue weighted by molar-refractivity contribution is 7.80. The second-order valence-electron chi connectivity index (χ2n) is 4.32. The van der Waals surface area contributed by atoms with Gasteiger partial charge in [0, 0.05) is 24.5 Å². The third kappa shape index (κ3) is 4.34. The van der Waals surface area contributed by atoms with Crippen LogP contribution in [0.4, 0.5) is 5.69 Å². The summed E-state index contributed by atoms with van der Waals surface area (Å²) in [5.41, 5.74) is 1.63. The molecule has 0 spiro atoms. The van der Waals surface area contributed by atoms with Crippen LogP contribution < -0.4 is 15.4 Å². The Morgan fingerprint density at radius 3 is 2.95 bits per heavy atom. The van der Waals surface area contributed by atoms with Gasteiger partial charge in [-0.25, -0.2) is 0 Å². The zero-order chi connectivity index (χ0) is 15.2. The number of rotatable bonds is 5. The van der Waals surface area contributed by atoms with Gasteiger partial charge in [0.2, 0.25) is 0 Å². The number of nitrogens with one attached hydrogen (secondary N) is 2. The predicted octanol–water partition coefficient (Wildman–Crippen LogP) is 3.05. The molecule has 0 aliphatic heterocycles. The lowest BCUT2D eigenvalue weighted by molar-refractivity contribution is 0.415. The second-order valence-corrected chi connectivity index (χ2v) is 5.13. The zero-order valence-corrected chi connectivity index (χ0v) is 13.5. The largest absolute Gasteiger partial charge is 0.497 e. The maximum atomic E-state index is 6.10. The summed E-state index contributed by atoms with van der Waals surface area (Å²) in [7, 11) is 1.63. The number of hydrogen-bond donors (Lipinski definition) is 2. The molecule has 0 unspecified atom stereocenters. The average molecular weight is 325 g/mol. The molecule has 1 aromatic carbocycles. The maximum absolute atomic E-state index is 6.10. The van der Waals surface area contributed by atoms with E-state index in [1.165, 1.54) is 0 Å². The van der Waals surface area contributed by atoms with E-state index in [4.69, 9.17) is 28.6 Å². The van der Waals surface area contributed by atoms with Gasteiger partial charge in [-0.05, 0) is 31.3 Å². The van der Waals surface area contributed by atoms with Crippen molar-refractivity contribution in [2.75, 3.05) is 12.4 Å². The van der Waals surface area contributed by atoms with Gasteiger partial charge in [0.05, 0.1) is 18.7 Å². The van der Waals surface area contributed by atoms with Crippen LogP contribution in [-0.4, -0.2) is 22.0 Å². The Hall–Kier alpha value is -1.79. The summed E-state index contributed by atoms with van der Waals surface area (Å²) in [4.78, 5) is 0. The minimum absolute atomic E-state index is 0.474. The van der Waals surface area contributed by atoms with Gasteiger partial charge in [-0.15, -0.1) is 0 Å². The van der Waals surface area contributed by atoms with Crippen LogP contribution in [0.1, 0.15) is 12.6 Å². The molecular formula is C14H17ClN4OS. The third-order valence-corrected chi connectivity index (χ3v) is 3.42. The number of nitrogens with zero attached hydrogens (tertiary/aromatic N) is 2. The molecular weight excluding hydrogens is 308 g/mol. The van der Waals surface area contributed by atoms with Crippen molar-refractivity contribution < 1.29 is 4.74 Å². The predicted molar refractivity (Wildman–Crippen MR) is 89.0 cm³/mol. The first-order valence-corrected chi connectivity index (χ1v) is 7.31. The molecule has 0 saturated heterocycles. The quantitative estimate of drug-likeness (QED) is 0.828. The van der Waals surface area contributed by atoms with Gasteiger partial charge in [0.15, 0.2) is 5.11 Å². The number of methoxy groups -OCH3 is 1. The van der Waals surface area contributed by atoms with Crippen molar-refractivity contribution in [2.24, 2.45) is 0 Å². The summed E-state index contributed by atoms with van der Waals surface area (Å²) in [6.07, 6.45) is 1.80. The monoisotopic (exact) mass is 324 g/mol. The summed E-state index contributed by atoms with van der Waals surface area (Å²) < 4.78 is 6.95. The van der Waals surface area contributed by atoms with Crippen molar-refractivity contribution in [3.05, 3.63) is 41.2 Å². The summed E-state index contributed by atoms with van der Waals surface area (Å²) in [6, 6.07) is 7.55. The summed E-state index contributed by atoms with van der Waals surface area (Å²) in [5.74, 6) is 0.771. The lowest BCUT2D eigenvalue weighted by Gasteiger charge is -2.10. The fourth-order valence-corrected chi connectivity index (χ4v) is 2.17. The lowest BCUT2D eigenvalue weighted by Crippen LogP contribution is -2.28. The molecule has 0 aliphatic rings. The number of ether oxygens (including phenoxy) is 1. The molecule has 2 rings (SSSR count). The minimum atomic E-state index is 0.474. The Morgan fingerprint density at radius 1 is 1.48 bits per heavy atom. The van der Waals surface area contributed by atoms with E-state index in [9.17, 15) is 0 Å². The molecule has 0 atom stereocenters. The van der Waals surface area contributed by atoms with Crippen LogP contribution in [0.15, 0.2) is 30.5 Å². The molecule has 0 bridgehead atoms. The molecule has 112 valence electrons. The molecule has 1 heterocycles. The third-order valence-electron chi connectivity index (χ3n) is 2.86. The highest BCUT2D eigenvalue weighted by Crippen LogP contribution is 2.17. The maximum Gasteiger partial charge on any atom is 0.171 e. The number of aryl methyl sites for hydroxylation is 1. The van der Waals surface area contributed by atoms with Gasteiger partial charge in [-0.2, -0.15) is 5.10 Å². The van der Waals surface area contributed by atoms with Crippen LogP contribution in [-0.2, 0) is 13.1 Å². The van der Waals surface area contributed by atoms with Crippen LogP contribution in [0.5, 0.6) is 5.75 Å². The lowest BCUT2D eigenvalue weighted by atomic mass is 10.3. The molecule has 1 aromatic heterocycles. The van der Waals surface area contributed by atoms with Gasteiger partial charge in [0.1, 0.15) is 11.4 Å². The summed E-state index contributed by atoms with van der Waals surface area (Å²) in [5, 5.41) is 11.7. The van der Waals surface area contributed by atoms with Crippen LogP contribution in [0, 0.1) is 0 Å². The van der Waals surface area contributed by atoms with Crippen molar-refractivity contribution in [2.45, 2.75) is 20.0 Å². The SMILES string of the molecule is CCn1cc(Cl)c(CNC(=S)Nc2cccc(OC)c2)n1. The van der Waals surface area contributed by atoms with Gasteiger partial charge < -0.3 is 15.4 Å². The van der Waals surface area contributed by atoms with Crippen molar-refractivity contribution >= 4 is 34.6 Å². The van der Waals surface area contributed by atoms with E-state index in [-0.39, 0.29) is 0 Å². The van der Waals surface area contributed by atoms with Crippen LogP contribution in [0.25, 0.3) is 0 Å². The Morgan fingerprint density at radius 2 is 2.29 bits per heavy atom. The van der Waals surface area contributed by atoms with Gasteiger partial charge in [-0.3, -0.25) is 4.68 Å². The molecule has 0 amide bonds. The molecule has 0 aliphatic carbocycles. The second kappa shape index (κ2) is 7.28. The number of benzene rings is 1. The highest BCUT2D eigenvalue weighted by Gasteiger charge is 2.07. The Labute approximate surface area is 134 Å². The van der Waals surface area contributed by atoms with E-state index in [2.05, 4.69) is 15.7 Å². The van der Waals surface area contributed by atoms with Crippen molar-refractivity contribution in [3.63, 3.8) is 0 Å². The normalized spacial score (nSPS) is 10.2. The molecule has 21 heavy (non-hydrogen) atoms. The first-order valence-electron chi connectivity index (χ1n) is 6.53. The topological polar surface area (TPSA) is 51.1 Å². The van der Waals surface area contributed by atoms with E-state index in [0.29, 0.717) is 16.7 Å². The molecule has 0 radical (unpaired) electrons. The van der Waals surface area contributed by atoms with Gasteiger partial charge in [0.25, 0.3) is 0 Å². The minimum Gasteiger partial charge on any atom is -0.497 e. The molecule has 2 N–H and O–H groups in total. The Bertz CT molecular complexity index is 629. The smallest absolute Gasteiger partial charge is 0.171 e. The molecule has 5 nitrogen and oxygen atoms in total. The summed E-state index contributed by atoms with van der Waals surface area (Å²) in [6.45, 7) is 3.27. The van der Waals surface area contributed by atoms with Crippen LogP contribution in [0.2, 0.25) is 5.02 Å². The van der Waals surface area contributed by atoms with E-state index in [1.807, 2.05) is 31.2 Å². The Balaban J connectivity index is 1.90. The van der Waals surface area contributed by atoms with Crippen LogP contribution >= 0.6 is 23.8 Å². The zero-order valence-electron chi connectivity index (χ0n) is 11.9. The van der Waals surface area contributed by atoms with Crippen molar-refractivity contribution in [1.82, 2.24) is 15.1 Å². The van der Waals surface area contributed by atoms with E-state index in [1.54, 1.807) is 18.0 Å². The number of thiocarbonyl (C=S) groups is 1.